The predicted molar refractivity (Wildman–Crippen MR) is 85.6 cm³/mol. The number of hydrogen-bond donors (Lipinski definition) is 0. The van der Waals surface area contributed by atoms with Crippen molar-refractivity contribution < 1.29 is 14.3 Å². The van der Waals surface area contributed by atoms with Crippen LogP contribution < -0.4 is 0 Å². The number of epoxide rings is 1. The molecule has 120 valence electrons. The van der Waals surface area contributed by atoms with Crippen LogP contribution in [-0.2, 0) is 20.7 Å². The molecule has 0 bridgehead atoms. The van der Waals surface area contributed by atoms with Gasteiger partial charge in [0.15, 0.2) is 5.60 Å². The molecule has 1 aromatic rings. The largest absolute Gasteiger partial charge is 0.464 e. The van der Waals surface area contributed by atoms with Crippen molar-refractivity contribution in [3.63, 3.8) is 0 Å². The van der Waals surface area contributed by atoms with Crippen LogP contribution in [0.5, 0.6) is 0 Å². The first-order valence-electron chi connectivity index (χ1n) is 8.64. The Morgan fingerprint density at radius 1 is 1.18 bits per heavy atom. The van der Waals surface area contributed by atoms with Crippen LogP contribution >= 0.6 is 0 Å². The maximum Gasteiger partial charge on any atom is 0.341 e. The lowest BCUT2D eigenvalue weighted by atomic mass is 9.77. The minimum Gasteiger partial charge on any atom is -0.464 e. The van der Waals surface area contributed by atoms with Crippen LogP contribution in [0.1, 0.15) is 57.4 Å². The van der Waals surface area contributed by atoms with Gasteiger partial charge in [0.25, 0.3) is 0 Å². The molecule has 1 heterocycles. The molecule has 1 saturated heterocycles. The van der Waals surface area contributed by atoms with Gasteiger partial charge in [-0.25, -0.2) is 4.79 Å². The molecular formula is C19H26O3. The first-order valence-corrected chi connectivity index (χ1v) is 8.64. The number of hydrogen-bond acceptors (Lipinski definition) is 3. The fraction of sp³-hybridized carbons (Fsp3) is 0.632. The monoisotopic (exact) mass is 302 g/mol. The lowest BCUT2D eigenvalue weighted by molar-refractivity contribution is -0.150. The Kier molecular flexibility index (Phi) is 4.53. The van der Waals surface area contributed by atoms with Gasteiger partial charge in [0.05, 0.1) is 6.61 Å². The van der Waals surface area contributed by atoms with Crippen molar-refractivity contribution in [3.8, 4) is 0 Å². The molecule has 0 N–H and O–H groups in total. The van der Waals surface area contributed by atoms with Gasteiger partial charge in [0.1, 0.15) is 5.60 Å². The molecule has 1 saturated carbocycles. The Labute approximate surface area is 133 Å². The molecule has 0 amide bonds. The molecule has 0 radical (unpaired) electrons. The molecule has 1 aliphatic carbocycles. The van der Waals surface area contributed by atoms with E-state index in [0.717, 1.165) is 32.1 Å². The zero-order valence-electron chi connectivity index (χ0n) is 13.5. The standard InChI is InChI=1S/C19H26O3/c1-2-21-17(20)19(18(22-19)13-7-4-8-14-18)15-9-12-16-10-5-3-6-11-16/h3,5-6,10-11H,2,4,7-9,12-15H2,1H3/t19-/m1/s1. The van der Waals surface area contributed by atoms with Gasteiger partial charge < -0.3 is 9.47 Å². The van der Waals surface area contributed by atoms with Crippen molar-refractivity contribution in [3.05, 3.63) is 35.9 Å². The van der Waals surface area contributed by atoms with Gasteiger partial charge in [0.2, 0.25) is 0 Å². The normalized spacial score (nSPS) is 25.9. The van der Waals surface area contributed by atoms with Crippen molar-refractivity contribution in [1.82, 2.24) is 0 Å². The minimum atomic E-state index is -0.655. The van der Waals surface area contributed by atoms with Crippen molar-refractivity contribution in [2.75, 3.05) is 6.61 Å². The molecule has 0 aromatic heterocycles. The second-order valence-corrected chi connectivity index (χ2v) is 6.54. The Bertz CT molecular complexity index is 505. The number of rotatable bonds is 6. The first kappa shape index (κ1) is 15.5. The third-order valence-electron chi connectivity index (χ3n) is 5.17. The molecule has 1 atom stereocenters. The summed E-state index contributed by atoms with van der Waals surface area (Å²) in [5.41, 5.74) is 0.451. The predicted octanol–water partition coefficient (Wildman–Crippen LogP) is 4.04. The van der Waals surface area contributed by atoms with Crippen molar-refractivity contribution in [1.29, 1.82) is 0 Å². The molecule has 2 fully saturated rings. The van der Waals surface area contributed by atoms with E-state index in [1.807, 2.05) is 13.0 Å². The molecule has 1 aliphatic heterocycles. The maximum absolute atomic E-state index is 12.5. The molecule has 3 nitrogen and oxygen atoms in total. The van der Waals surface area contributed by atoms with Crippen LogP contribution in [0.2, 0.25) is 0 Å². The summed E-state index contributed by atoms with van der Waals surface area (Å²) in [6, 6.07) is 10.4. The highest BCUT2D eigenvalue weighted by Gasteiger charge is 2.74. The third kappa shape index (κ3) is 2.79. The summed E-state index contributed by atoms with van der Waals surface area (Å²) < 4.78 is 11.4. The lowest BCUT2D eigenvalue weighted by Crippen LogP contribution is -2.37. The summed E-state index contributed by atoms with van der Waals surface area (Å²) in [5, 5.41) is 0. The Morgan fingerprint density at radius 2 is 1.91 bits per heavy atom. The molecule has 1 spiro atoms. The van der Waals surface area contributed by atoms with Crippen LogP contribution in [0.3, 0.4) is 0 Å². The average molecular weight is 302 g/mol. The van der Waals surface area contributed by atoms with Gasteiger partial charge in [0, 0.05) is 0 Å². The number of ether oxygens (including phenoxy) is 2. The Hall–Kier alpha value is -1.35. The highest BCUT2D eigenvalue weighted by Crippen LogP contribution is 2.59. The lowest BCUT2D eigenvalue weighted by Gasteiger charge is -2.22. The fourth-order valence-corrected chi connectivity index (χ4v) is 3.98. The van der Waals surface area contributed by atoms with Gasteiger partial charge in [-0.15, -0.1) is 0 Å². The second-order valence-electron chi connectivity index (χ2n) is 6.54. The van der Waals surface area contributed by atoms with Crippen LogP contribution in [0.15, 0.2) is 30.3 Å². The van der Waals surface area contributed by atoms with E-state index in [0.29, 0.717) is 6.61 Å². The van der Waals surface area contributed by atoms with Crippen molar-refractivity contribution >= 4 is 5.97 Å². The van der Waals surface area contributed by atoms with Crippen LogP contribution in [0.25, 0.3) is 0 Å². The summed E-state index contributed by atoms with van der Waals surface area (Å²) in [5.74, 6) is -0.134. The zero-order valence-corrected chi connectivity index (χ0v) is 13.5. The highest BCUT2D eigenvalue weighted by molar-refractivity contribution is 5.85. The van der Waals surface area contributed by atoms with Gasteiger partial charge in [-0.1, -0.05) is 49.6 Å². The van der Waals surface area contributed by atoms with E-state index in [2.05, 4.69) is 24.3 Å². The smallest absolute Gasteiger partial charge is 0.341 e. The molecule has 3 heteroatoms. The topological polar surface area (TPSA) is 38.8 Å². The summed E-state index contributed by atoms with van der Waals surface area (Å²) in [6.07, 6.45) is 8.34. The molecule has 0 unspecified atom stereocenters. The molecule has 1 aromatic carbocycles. The van der Waals surface area contributed by atoms with Gasteiger partial charge in [-0.05, 0) is 44.6 Å². The Morgan fingerprint density at radius 3 is 2.59 bits per heavy atom. The quantitative estimate of drug-likeness (QED) is 0.588. The molecular weight excluding hydrogens is 276 g/mol. The molecule has 22 heavy (non-hydrogen) atoms. The van der Waals surface area contributed by atoms with Crippen LogP contribution in [-0.4, -0.2) is 23.8 Å². The maximum atomic E-state index is 12.5. The fourth-order valence-electron chi connectivity index (χ4n) is 3.98. The second kappa shape index (κ2) is 6.41. The van der Waals surface area contributed by atoms with Gasteiger partial charge >= 0.3 is 5.97 Å². The molecule has 3 rings (SSSR count). The van der Waals surface area contributed by atoms with E-state index < -0.39 is 5.60 Å². The number of esters is 1. The summed E-state index contributed by atoms with van der Waals surface area (Å²) in [6.45, 7) is 2.30. The average Bonchev–Trinajstić information content (AvgIpc) is 3.16. The van der Waals surface area contributed by atoms with E-state index in [-0.39, 0.29) is 11.6 Å². The minimum absolute atomic E-state index is 0.134. The van der Waals surface area contributed by atoms with Gasteiger partial charge in [-0.3, -0.25) is 0 Å². The zero-order chi connectivity index (χ0) is 15.5. The van der Waals surface area contributed by atoms with Crippen LogP contribution in [0.4, 0.5) is 0 Å². The number of benzene rings is 1. The summed E-state index contributed by atoms with van der Waals surface area (Å²) >= 11 is 0. The first-order chi connectivity index (χ1) is 10.7. The Balaban J connectivity index is 1.64. The molecule has 2 aliphatic rings. The number of aryl methyl sites for hydroxylation is 1. The number of carbonyl (C=O) groups excluding carboxylic acids is 1. The number of carbonyl (C=O) groups is 1. The van der Waals surface area contributed by atoms with Crippen molar-refractivity contribution in [2.45, 2.75) is 69.5 Å². The van der Waals surface area contributed by atoms with E-state index >= 15 is 0 Å². The third-order valence-corrected chi connectivity index (χ3v) is 5.17. The SMILES string of the molecule is CCOC(=O)[C@@]1(CCCc2ccccc2)OC12CCCCC2. The van der Waals surface area contributed by atoms with E-state index in [1.54, 1.807) is 0 Å². The van der Waals surface area contributed by atoms with Crippen molar-refractivity contribution in [2.24, 2.45) is 0 Å². The van der Waals surface area contributed by atoms with E-state index in [9.17, 15) is 4.79 Å². The summed E-state index contributed by atoms with van der Waals surface area (Å²) in [7, 11) is 0. The van der Waals surface area contributed by atoms with Crippen LogP contribution in [0, 0.1) is 0 Å². The van der Waals surface area contributed by atoms with E-state index in [1.165, 1.54) is 24.8 Å². The van der Waals surface area contributed by atoms with Gasteiger partial charge in [-0.2, -0.15) is 0 Å². The highest BCUT2D eigenvalue weighted by atomic mass is 16.7. The summed E-state index contributed by atoms with van der Waals surface area (Å²) in [4.78, 5) is 12.5. The van der Waals surface area contributed by atoms with E-state index in [4.69, 9.17) is 9.47 Å².